The van der Waals surface area contributed by atoms with Crippen molar-refractivity contribution in [3.05, 3.63) is 52.0 Å². The van der Waals surface area contributed by atoms with Gasteiger partial charge in [-0.05, 0) is 26.3 Å². The fourth-order valence-corrected chi connectivity index (χ4v) is 3.05. The Labute approximate surface area is 124 Å². The number of hydrogen-bond donors (Lipinski definition) is 1. The third-order valence-electron chi connectivity index (χ3n) is 3.23. The first kappa shape index (κ1) is 15.2. The van der Waals surface area contributed by atoms with E-state index in [9.17, 15) is 0 Å². The van der Waals surface area contributed by atoms with Gasteiger partial charge >= 0.3 is 0 Å². The van der Waals surface area contributed by atoms with Gasteiger partial charge in [0.25, 0.3) is 0 Å². The second kappa shape index (κ2) is 6.48. The number of rotatable bonds is 6. The van der Waals surface area contributed by atoms with Crippen molar-refractivity contribution in [2.45, 2.75) is 38.8 Å². The van der Waals surface area contributed by atoms with Crippen LogP contribution in [0.2, 0.25) is 0 Å². The molecule has 0 aliphatic carbocycles. The lowest BCUT2D eigenvalue weighted by atomic mass is 10.0. The van der Waals surface area contributed by atoms with Gasteiger partial charge in [-0.15, -0.1) is 11.3 Å². The van der Waals surface area contributed by atoms with Crippen LogP contribution in [0, 0.1) is 0 Å². The number of benzene rings is 1. The Hall–Kier alpha value is -1.23. The van der Waals surface area contributed by atoms with Crippen LogP contribution in [0.3, 0.4) is 0 Å². The van der Waals surface area contributed by atoms with Crippen LogP contribution in [0.25, 0.3) is 0 Å². The van der Waals surface area contributed by atoms with Crippen LogP contribution in [0.5, 0.6) is 0 Å². The Morgan fingerprint density at radius 2 is 2.00 bits per heavy atom. The van der Waals surface area contributed by atoms with E-state index in [-0.39, 0.29) is 11.6 Å². The van der Waals surface area contributed by atoms with Gasteiger partial charge in [-0.1, -0.05) is 30.3 Å². The first-order chi connectivity index (χ1) is 9.53. The zero-order valence-corrected chi connectivity index (χ0v) is 13.1. The number of aromatic nitrogens is 1. The lowest BCUT2D eigenvalue weighted by Crippen LogP contribution is -2.21. The van der Waals surface area contributed by atoms with E-state index < -0.39 is 0 Å². The molecule has 1 aromatic carbocycles. The maximum absolute atomic E-state index is 6.24. The summed E-state index contributed by atoms with van der Waals surface area (Å²) in [6.07, 6.45) is 0.753. The first-order valence-corrected chi connectivity index (χ1v) is 7.80. The number of nitrogens with two attached hydrogens (primary N) is 1. The molecule has 0 aliphatic rings. The summed E-state index contributed by atoms with van der Waals surface area (Å²) in [5, 5.41) is 3.09. The predicted molar refractivity (Wildman–Crippen MR) is 83.8 cm³/mol. The second-order valence-electron chi connectivity index (χ2n) is 5.31. The van der Waals surface area contributed by atoms with Crippen molar-refractivity contribution in [1.29, 1.82) is 0 Å². The molecule has 0 fully saturated rings. The number of ether oxygens (including phenoxy) is 1. The van der Waals surface area contributed by atoms with Crippen LogP contribution < -0.4 is 5.73 Å². The molecule has 0 amide bonds. The standard InChI is InChI=1S/C16H22N2OS/c1-4-19-16(2,3)15-18-13(11-20-15)10-14(17)12-8-6-5-7-9-12/h5-9,11,14H,4,10,17H2,1-3H3. The fraction of sp³-hybridized carbons (Fsp3) is 0.438. The minimum atomic E-state index is -0.325. The maximum Gasteiger partial charge on any atom is 0.124 e. The van der Waals surface area contributed by atoms with Crippen LogP contribution in [0.1, 0.15) is 43.1 Å². The van der Waals surface area contributed by atoms with Crippen molar-refractivity contribution in [3.8, 4) is 0 Å². The average Bonchev–Trinajstić information content (AvgIpc) is 2.89. The Morgan fingerprint density at radius 1 is 1.30 bits per heavy atom. The van der Waals surface area contributed by atoms with E-state index in [0.717, 1.165) is 22.7 Å². The molecule has 0 aliphatic heterocycles. The van der Waals surface area contributed by atoms with Crippen molar-refractivity contribution >= 4 is 11.3 Å². The minimum absolute atomic E-state index is 0.0126. The van der Waals surface area contributed by atoms with Gasteiger partial charge in [-0.2, -0.15) is 0 Å². The van der Waals surface area contributed by atoms with E-state index in [0.29, 0.717) is 6.61 Å². The summed E-state index contributed by atoms with van der Waals surface area (Å²) in [7, 11) is 0. The molecular weight excluding hydrogens is 268 g/mol. The molecule has 1 atom stereocenters. The molecule has 3 nitrogen and oxygen atoms in total. The van der Waals surface area contributed by atoms with Crippen LogP contribution in [-0.4, -0.2) is 11.6 Å². The van der Waals surface area contributed by atoms with Gasteiger partial charge < -0.3 is 10.5 Å². The monoisotopic (exact) mass is 290 g/mol. The van der Waals surface area contributed by atoms with Crippen molar-refractivity contribution in [3.63, 3.8) is 0 Å². The summed E-state index contributed by atoms with van der Waals surface area (Å²) >= 11 is 1.64. The average molecular weight is 290 g/mol. The van der Waals surface area contributed by atoms with E-state index >= 15 is 0 Å². The summed E-state index contributed by atoms with van der Waals surface area (Å²) < 4.78 is 5.73. The number of hydrogen-bond acceptors (Lipinski definition) is 4. The van der Waals surface area contributed by atoms with Crippen molar-refractivity contribution in [1.82, 2.24) is 4.98 Å². The normalized spacial score (nSPS) is 13.4. The van der Waals surface area contributed by atoms with Crippen LogP contribution in [0.4, 0.5) is 0 Å². The first-order valence-electron chi connectivity index (χ1n) is 6.92. The SMILES string of the molecule is CCOC(C)(C)c1nc(CC(N)c2ccccc2)cs1. The molecule has 4 heteroatoms. The molecule has 1 heterocycles. The lowest BCUT2D eigenvalue weighted by molar-refractivity contribution is -0.0142. The van der Waals surface area contributed by atoms with Crippen molar-refractivity contribution in [2.24, 2.45) is 5.73 Å². The van der Waals surface area contributed by atoms with Crippen LogP contribution in [0.15, 0.2) is 35.7 Å². The molecule has 1 aromatic heterocycles. The zero-order chi connectivity index (χ0) is 14.6. The van der Waals surface area contributed by atoms with Crippen molar-refractivity contribution in [2.75, 3.05) is 6.61 Å². The molecular formula is C16H22N2OS. The van der Waals surface area contributed by atoms with E-state index in [1.54, 1.807) is 11.3 Å². The van der Waals surface area contributed by atoms with Crippen LogP contribution >= 0.6 is 11.3 Å². The second-order valence-corrected chi connectivity index (χ2v) is 6.17. The van der Waals surface area contributed by atoms with Crippen LogP contribution in [-0.2, 0) is 16.8 Å². The number of thiazole rings is 1. The summed E-state index contributed by atoms with van der Waals surface area (Å²) in [6, 6.07) is 10.1. The summed E-state index contributed by atoms with van der Waals surface area (Å²) in [6.45, 7) is 6.79. The van der Waals surface area contributed by atoms with Gasteiger partial charge in [-0.3, -0.25) is 0 Å². The fourth-order valence-electron chi connectivity index (χ4n) is 2.14. The molecule has 0 saturated heterocycles. The van der Waals surface area contributed by atoms with E-state index in [1.807, 2.05) is 25.1 Å². The molecule has 0 bridgehead atoms. The zero-order valence-electron chi connectivity index (χ0n) is 12.3. The summed E-state index contributed by atoms with van der Waals surface area (Å²) in [4.78, 5) is 4.68. The third kappa shape index (κ3) is 3.66. The molecule has 0 radical (unpaired) electrons. The van der Waals surface area contributed by atoms with Crippen molar-refractivity contribution < 1.29 is 4.74 Å². The molecule has 0 saturated carbocycles. The topological polar surface area (TPSA) is 48.1 Å². The highest BCUT2D eigenvalue weighted by Crippen LogP contribution is 2.28. The Morgan fingerprint density at radius 3 is 2.65 bits per heavy atom. The smallest absolute Gasteiger partial charge is 0.124 e. The highest BCUT2D eigenvalue weighted by molar-refractivity contribution is 7.09. The molecule has 2 N–H and O–H groups in total. The predicted octanol–water partition coefficient (Wildman–Crippen LogP) is 3.66. The van der Waals surface area contributed by atoms with E-state index in [4.69, 9.17) is 10.5 Å². The lowest BCUT2D eigenvalue weighted by Gasteiger charge is -2.21. The maximum atomic E-state index is 6.24. The third-order valence-corrected chi connectivity index (χ3v) is 4.42. The Bertz CT molecular complexity index is 536. The Balaban J connectivity index is 2.06. The Kier molecular flexibility index (Phi) is 4.91. The van der Waals surface area contributed by atoms with E-state index in [2.05, 4.69) is 36.3 Å². The molecule has 2 rings (SSSR count). The molecule has 1 unspecified atom stereocenters. The highest BCUT2D eigenvalue weighted by Gasteiger charge is 2.24. The molecule has 2 aromatic rings. The van der Waals surface area contributed by atoms with Gasteiger partial charge in [0.15, 0.2) is 0 Å². The van der Waals surface area contributed by atoms with Gasteiger partial charge in [0.2, 0.25) is 0 Å². The minimum Gasteiger partial charge on any atom is -0.369 e. The number of nitrogens with zero attached hydrogens (tertiary/aromatic N) is 1. The largest absolute Gasteiger partial charge is 0.369 e. The van der Waals surface area contributed by atoms with Gasteiger partial charge in [-0.25, -0.2) is 4.98 Å². The molecule has 20 heavy (non-hydrogen) atoms. The summed E-state index contributed by atoms with van der Waals surface area (Å²) in [5.74, 6) is 0. The highest BCUT2D eigenvalue weighted by atomic mass is 32.1. The van der Waals surface area contributed by atoms with E-state index in [1.165, 1.54) is 0 Å². The van der Waals surface area contributed by atoms with Gasteiger partial charge in [0, 0.05) is 24.4 Å². The van der Waals surface area contributed by atoms with Gasteiger partial charge in [0.05, 0.1) is 5.69 Å². The quantitative estimate of drug-likeness (QED) is 0.883. The summed E-state index contributed by atoms with van der Waals surface area (Å²) in [5.41, 5.74) is 8.09. The molecule has 108 valence electrons. The molecule has 0 spiro atoms. The van der Waals surface area contributed by atoms with Gasteiger partial charge in [0.1, 0.15) is 10.6 Å².